The molecule has 1 aliphatic rings. The number of unbranched alkanes of at least 4 members (excludes halogenated alkanes) is 4. The van der Waals surface area contributed by atoms with E-state index in [2.05, 4.69) is 31.4 Å². The van der Waals surface area contributed by atoms with E-state index in [4.69, 9.17) is 0 Å². The topological polar surface area (TPSA) is 12.0 Å². The lowest BCUT2D eigenvalue weighted by molar-refractivity contribution is 0.391. The fourth-order valence-corrected chi connectivity index (χ4v) is 2.14. The molecule has 0 spiro atoms. The highest BCUT2D eigenvalue weighted by molar-refractivity contribution is 4.97. The van der Waals surface area contributed by atoms with Gasteiger partial charge in [0.05, 0.1) is 0 Å². The van der Waals surface area contributed by atoms with E-state index in [1.807, 2.05) is 0 Å². The molecule has 1 heterocycles. The quantitative estimate of drug-likeness (QED) is 0.611. The van der Waals surface area contributed by atoms with E-state index in [-0.39, 0.29) is 0 Å². The normalized spacial score (nSPS) is 22.3. The molecule has 2 unspecified atom stereocenters. The third-order valence-electron chi connectivity index (χ3n) is 3.31. The third kappa shape index (κ3) is 4.17. The molecule has 0 bridgehead atoms. The molecule has 1 nitrogen and oxygen atoms in total. The van der Waals surface area contributed by atoms with Crippen molar-refractivity contribution in [2.45, 2.75) is 52.4 Å². The SMILES string of the molecule is CCCCCCCC(C)C1C=CNC1. The number of rotatable bonds is 7. The van der Waals surface area contributed by atoms with Gasteiger partial charge in [-0.2, -0.15) is 0 Å². The standard InChI is InChI=1S/C13H25N/c1-3-4-5-6-7-8-12(2)13-9-10-14-11-13/h9-10,12-14H,3-8,11H2,1-2H3. The Morgan fingerprint density at radius 1 is 1.29 bits per heavy atom. The summed E-state index contributed by atoms with van der Waals surface area (Å²) in [7, 11) is 0. The maximum Gasteiger partial charge on any atom is 0.0207 e. The Balaban J connectivity index is 1.97. The van der Waals surface area contributed by atoms with E-state index in [0.717, 1.165) is 18.4 Å². The maximum absolute atomic E-state index is 3.28. The Bertz CT molecular complexity index is 163. The second kappa shape index (κ2) is 6.92. The smallest absolute Gasteiger partial charge is 0.0207 e. The Kier molecular flexibility index (Phi) is 5.74. The average Bonchev–Trinajstić information content (AvgIpc) is 2.70. The van der Waals surface area contributed by atoms with Crippen LogP contribution in [0.1, 0.15) is 52.4 Å². The highest BCUT2D eigenvalue weighted by atomic mass is 14.9. The van der Waals surface area contributed by atoms with Crippen LogP contribution in [-0.2, 0) is 0 Å². The van der Waals surface area contributed by atoms with Crippen molar-refractivity contribution in [3.8, 4) is 0 Å². The highest BCUT2D eigenvalue weighted by Gasteiger charge is 2.16. The van der Waals surface area contributed by atoms with Crippen molar-refractivity contribution in [3.63, 3.8) is 0 Å². The van der Waals surface area contributed by atoms with Gasteiger partial charge in [0.25, 0.3) is 0 Å². The van der Waals surface area contributed by atoms with Crippen LogP contribution in [0.15, 0.2) is 12.3 Å². The van der Waals surface area contributed by atoms with Gasteiger partial charge in [0.15, 0.2) is 0 Å². The van der Waals surface area contributed by atoms with E-state index < -0.39 is 0 Å². The molecule has 1 N–H and O–H groups in total. The van der Waals surface area contributed by atoms with Gasteiger partial charge in [0.1, 0.15) is 0 Å². The van der Waals surface area contributed by atoms with Gasteiger partial charge in [0, 0.05) is 6.54 Å². The summed E-state index contributed by atoms with van der Waals surface area (Å²) in [6.45, 7) is 5.83. The van der Waals surface area contributed by atoms with Crippen LogP contribution in [0.2, 0.25) is 0 Å². The lowest BCUT2D eigenvalue weighted by atomic mass is 9.90. The molecule has 0 fully saturated rings. The van der Waals surface area contributed by atoms with Crippen LogP contribution in [0.25, 0.3) is 0 Å². The molecular weight excluding hydrogens is 170 g/mol. The molecule has 0 aromatic carbocycles. The number of hydrogen-bond acceptors (Lipinski definition) is 1. The fourth-order valence-electron chi connectivity index (χ4n) is 2.14. The van der Waals surface area contributed by atoms with Gasteiger partial charge in [-0.3, -0.25) is 0 Å². The molecule has 0 aliphatic carbocycles. The molecular formula is C13H25N. The molecule has 0 radical (unpaired) electrons. The second-order valence-corrected chi connectivity index (χ2v) is 4.61. The summed E-state index contributed by atoms with van der Waals surface area (Å²) in [6, 6.07) is 0. The minimum atomic E-state index is 0.793. The van der Waals surface area contributed by atoms with E-state index in [0.29, 0.717) is 0 Å². The van der Waals surface area contributed by atoms with Crippen LogP contribution >= 0.6 is 0 Å². The van der Waals surface area contributed by atoms with Gasteiger partial charge in [-0.25, -0.2) is 0 Å². The monoisotopic (exact) mass is 195 g/mol. The molecule has 0 saturated heterocycles. The lowest BCUT2D eigenvalue weighted by Gasteiger charge is -2.16. The summed E-state index contributed by atoms with van der Waals surface area (Å²) in [6.07, 6.45) is 12.9. The minimum Gasteiger partial charge on any atom is -0.391 e. The van der Waals surface area contributed by atoms with E-state index in [1.165, 1.54) is 38.5 Å². The van der Waals surface area contributed by atoms with Crippen molar-refractivity contribution in [1.82, 2.24) is 5.32 Å². The molecule has 0 aromatic heterocycles. The van der Waals surface area contributed by atoms with Crippen molar-refractivity contribution >= 4 is 0 Å². The molecule has 2 atom stereocenters. The van der Waals surface area contributed by atoms with Crippen molar-refractivity contribution in [2.24, 2.45) is 11.8 Å². The minimum absolute atomic E-state index is 0.793. The predicted octanol–water partition coefficient (Wildman–Crippen LogP) is 3.72. The van der Waals surface area contributed by atoms with Crippen LogP contribution in [0.5, 0.6) is 0 Å². The van der Waals surface area contributed by atoms with Crippen LogP contribution in [-0.4, -0.2) is 6.54 Å². The maximum atomic E-state index is 3.28. The lowest BCUT2D eigenvalue weighted by Crippen LogP contribution is -2.16. The van der Waals surface area contributed by atoms with Gasteiger partial charge in [0.2, 0.25) is 0 Å². The molecule has 82 valence electrons. The van der Waals surface area contributed by atoms with Gasteiger partial charge < -0.3 is 5.32 Å². The summed E-state index contributed by atoms with van der Waals surface area (Å²) in [5, 5.41) is 3.28. The Labute approximate surface area is 89.0 Å². The first kappa shape index (κ1) is 11.6. The molecule has 1 rings (SSSR count). The van der Waals surface area contributed by atoms with Crippen molar-refractivity contribution < 1.29 is 0 Å². The highest BCUT2D eigenvalue weighted by Crippen LogP contribution is 2.21. The average molecular weight is 195 g/mol. The van der Waals surface area contributed by atoms with Crippen molar-refractivity contribution in [1.29, 1.82) is 0 Å². The van der Waals surface area contributed by atoms with Gasteiger partial charge in [-0.15, -0.1) is 0 Å². The van der Waals surface area contributed by atoms with Crippen LogP contribution in [0.3, 0.4) is 0 Å². The van der Waals surface area contributed by atoms with Crippen LogP contribution < -0.4 is 5.32 Å². The van der Waals surface area contributed by atoms with Crippen LogP contribution in [0, 0.1) is 11.8 Å². The summed E-state index contributed by atoms with van der Waals surface area (Å²) in [4.78, 5) is 0. The molecule has 0 amide bonds. The van der Waals surface area contributed by atoms with E-state index in [9.17, 15) is 0 Å². The van der Waals surface area contributed by atoms with Crippen LogP contribution in [0.4, 0.5) is 0 Å². The summed E-state index contributed by atoms with van der Waals surface area (Å²) < 4.78 is 0. The first-order valence-corrected chi connectivity index (χ1v) is 6.24. The molecule has 0 saturated carbocycles. The first-order chi connectivity index (χ1) is 6.84. The van der Waals surface area contributed by atoms with Gasteiger partial charge in [-0.1, -0.05) is 58.4 Å². The second-order valence-electron chi connectivity index (χ2n) is 4.61. The Morgan fingerprint density at radius 3 is 2.71 bits per heavy atom. The summed E-state index contributed by atoms with van der Waals surface area (Å²) >= 11 is 0. The first-order valence-electron chi connectivity index (χ1n) is 6.24. The Morgan fingerprint density at radius 2 is 2.07 bits per heavy atom. The Hall–Kier alpha value is -0.460. The third-order valence-corrected chi connectivity index (χ3v) is 3.31. The van der Waals surface area contributed by atoms with Gasteiger partial charge in [-0.05, 0) is 18.0 Å². The number of hydrogen-bond donors (Lipinski definition) is 1. The molecule has 1 heteroatoms. The fraction of sp³-hybridized carbons (Fsp3) is 0.846. The predicted molar refractivity (Wildman–Crippen MR) is 63.2 cm³/mol. The largest absolute Gasteiger partial charge is 0.391 e. The summed E-state index contributed by atoms with van der Waals surface area (Å²) in [5.41, 5.74) is 0. The molecule has 1 aliphatic heterocycles. The summed E-state index contributed by atoms with van der Waals surface area (Å²) in [5.74, 6) is 1.66. The number of nitrogens with one attached hydrogen (secondary N) is 1. The van der Waals surface area contributed by atoms with Crippen molar-refractivity contribution in [3.05, 3.63) is 12.3 Å². The van der Waals surface area contributed by atoms with E-state index >= 15 is 0 Å². The zero-order chi connectivity index (χ0) is 10.2. The molecule has 14 heavy (non-hydrogen) atoms. The zero-order valence-corrected chi connectivity index (χ0v) is 9.76. The van der Waals surface area contributed by atoms with E-state index in [1.54, 1.807) is 0 Å². The van der Waals surface area contributed by atoms with Gasteiger partial charge >= 0.3 is 0 Å². The molecule has 0 aromatic rings. The zero-order valence-electron chi connectivity index (χ0n) is 9.76. The van der Waals surface area contributed by atoms with Crippen molar-refractivity contribution in [2.75, 3.05) is 6.54 Å².